The molecule has 6 heteroatoms. The van der Waals surface area contributed by atoms with Gasteiger partial charge in [-0.3, -0.25) is 4.79 Å². The highest BCUT2D eigenvalue weighted by Gasteiger charge is 2.24. The smallest absolute Gasteiger partial charge is 0.241 e. The van der Waals surface area contributed by atoms with E-state index < -0.39 is 0 Å². The first-order valence-electron chi connectivity index (χ1n) is 7.30. The number of ether oxygens (including phenoxy) is 2. The van der Waals surface area contributed by atoms with Crippen LogP contribution < -0.4 is 20.1 Å². The summed E-state index contributed by atoms with van der Waals surface area (Å²) in [6, 6.07) is 13.4. The topological polar surface area (TPSA) is 59.6 Å². The van der Waals surface area contributed by atoms with E-state index in [4.69, 9.17) is 9.47 Å². The summed E-state index contributed by atoms with van der Waals surface area (Å²) in [6.45, 7) is 0.948. The normalized spacial score (nSPS) is 17.8. The number of nitrogens with one attached hydrogen (secondary N) is 2. The van der Waals surface area contributed by atoms with E-state index in [1.807, 2.05) is 24.3 Å². The van der Waals surface area contributed by atoms with Crippen LogP contribution in [0.1, 0.15) is 11.1 Å². The molecular weight excluding hydrogens is 316 g/mol. The molecule has 2 aromatic carbocycles. The number of halogens is 1. The van der Waals surface area contributed by atoms with Crippen LogP contribution >= 0.6 is 12.4 Å². The second-order valence-corrected chi connectivity index (χ2v) is 5.46. The molecule has 5 nitrogen and oxygen atoms in total. The fourth-order valence-electron chi connectivity index (χ4n) is 2.84. The number of hydrogen-bond acceptors (Lipinski definition) is 4. The Morgan fingerprint density at radius 1 is 1.09 bits per heavy atom. The molecule has 0 spiro atoms. The van der Waals surface area contributed by atoms with Gasteiger partial charge in [0.2, 0.25) is 12.7 Å². The van der Waals surface area contributed by atoms with E-state index in [9.17, 15) is 4.79 Å². The Labute approximate surface area is 140 Å². The van der Waals surface area contributed by atoms with Crippen molar-refractivity contribution in [1.82, 2.24) is 5.32 Å². The van der Waals surface area contributed by atoms with Gasteiger partial charge in [-0.25, -0.2) is 0 Å². The number of rotatable bonds is 2. The van der Waals surface area contributed by atoms with Gasteiger partial charge in [0, 0.05) is 18.3 Å². The van der Waals surface area contributed by atoms with E-state index in [-0.39, 0.29) is 31.1 Å². The number of carbonyl (C=O) groups excluding carboxylic acids is 1. The molecule has 23 heavy (non-hydrogen) atoms. The molecule has 0 bridgehead atoms. The molecule has 2 aliphatic rings. The van der Waals surface area contributed by atoms with Crippen molar-refractivity contribution in [2.45, 2.75) is 19.0 Å². The molecule has 2 aromatic rings. The molecule has 4 rings (SSSR count). The Balaban J connectivity index is 0.00000156. The molecule has 1 atom stereocenters. The summed E-state index contributed by atoms with van der Waals surface area (Å²) < 4.78 is 10.6. The van der Waals surface area contributed by atoms with Gasteiger partial charge in [0.05, 0.1) is 6.04 Å². The van der Waals surface area contributed by atoms with Crippen LogP contribution in [-0.2, 0) is 17.8 Å². The van der Waals surface area contributed by atoms with Gasteiger partial charge < -0.3 is 20.1 Å². The maximum absolute atomic E-state index is 12.4. The lowest BCUT2D eigenvalue weighted by molar-refractivity contribution is -0.118. The lowest BCUT2D eigenvalue weighted by Gasteiger charge is -2.25. The molecule has 2 aliphatic heterocycles. The van der Waals surface area contributed by atoms with E-state index >= 15 is 0 Å². The van der Waals surface area contributed by atoms with E-state index in [0.717, 1.165) is 12.2 Å². The van der Waals surface area contributed by atoms with Crippen molar-refractivity contribution in [2.75, 3.05) is 12.1 Å². The van der Waals surface area contributed by atoms with Crippen molar-refractivity contribution in [1.29, 1.82) is 0 Å². The minimum Gasteiger partial charge on any atom is -0.454 e. The molecule has 2 heterocycles. The number of amides is 1. The third kappa shape index (κ3) is 3.11. The van der Waals surface area contributed by atoms with Crippen LogP contribution in [0.5, 0.6) is 11.5 Å². The third-order valence-electron chi connectivity index (χ3n) is 4.04. The average Bonchev–Trinajstić information content (AvgIpc) is 3.02. The van der Waals surface area contributed by atoms with Crippen LogP contribution in [0, 0.1) is 0 Å². The lowest BCUT2D eigenvalue weighted by atomic mass is 9.95. The Morgan fingerprint density at radius 3 is 2.74 bits per heavy atom. The number of carbonyl (C=O) groups is 1. The summed E-state index contributed by atoms with van der Waals surface area (Å²) in [4.78, 5) is 12.4. The van der Waals surface area contributed by atoms with Crippen LogP contribution in [0.2, 0.25) is 0 Å². The summed E-state index contributed by atoms with van der Waals surface area (Å²) >= 11 is 0. The van der Waals surface area contributed by atoms with Crippen molar-refractivity contribution in [3.8, 4) is 11.5 Å². The van der Waals surface area contributed by atoms with Crippen molar-refractivity contribution >= 4 is 24.0 Å². The first-order chi connectivity index (χ1) is 10.8. The summed E-state index contributed by atoms with van der Waals surface area (Å²) in [5.74, 6) is 1.34. The molecular formula is C17H17ClN2O3. The average molecular weight is 333 g/mol. The number of hydrogen-bond donors (Lipinski definition) is 2. The maximum atomic E-state index is 12.4. The van der Waals surface area contributed by atoms with Gasteiger partial charge in [-0.05, 0) is 29.7 Å². The molecule has 0 radical (unpaired) electrons. The minimum atomic E-state index is -0.222. The zero-order valence-corrected chi connectivity index (χ0v) is 13.2. The van der Waals surface area contributed by atoms with Crippen LogP contribution in [-0.4, -0.2) is 18.7 Å². The highest BCUT2D eigenvalue weighted by atomic mass is 35.5. The van der Waals surface area contributed by atoms with E-state index in [0.29, 0.717) is 17.9 Å². The Bertz CT molecular complexity index is 736. The molecule has 120 valence electrons. The van der Waals surface area contributed by atoms with Gasteiger partial charge in [0.25, 0.3) is 0 Å². The summed E-state index contributed by atoms with van der Waals surface area (Å²) in [5.41, 5.74) is 3.21. The van der Waals surface area contributed by atoms with Gasteiger partial charge >= 0.3 is 0 Å². The highest BCUT2D eigenvalue weighted by Crippen LogP contribution is 2.34. The predicted octanol–water partition coefficient (Wildman–Crippen LogP) is 2.49. The van der Waals surface area contributed by atoms with Crippen LogP contribution in [0.25, 0.3) is 0 Å². The van der Waals surface area contributed by atoms with Crippen LogP contribution in [0.15, 0.2) is 42.5 Å². The number of anilines is 1. The Kier molecular flexibility index (Phi) is 4.41. The molecule has 0 aromatic heterocycles. The molecule has 0 saturated carbocycles. The Hall–Kier alpha value is -2.24. The van der Waals surface area contributed by atoms with Crippen molar-refractivity contribution in [2.24, 2.45) is 0 Å². The summed E-state index contributed by atoms with van der Waals surface area (Å²) in [5, 5.41) is 6.21. The third-order valence-corrected chi connectivity index (χ3v) is 4.04. The molecule has 0 fully saturated rings. The second-order valence-electron chi connectivity index (χ2n) is 5.46. The van der Waals surface area contributed by atoms with Gasteiger partial charge in [0.1, 0.15) is 0 Å². The number of fused-ring (bicyclic) bond motifs is 2. The van der Waals surface area contributed by atoms with Crippen molar-refractivity contribution < 1.29 is 14.3 Å². The van der Waals surface area contributed by atoms with Gasteiger partial charge in [0.15, 0.2) is 11.5 Å². The fourth-order valence-corrected chi connectivity index (χ4v) is 2.84. The summed E-state index contributed by atoms with van der Waals surface area (Å²) in [6.07, 6.45) is 0.701. The quantitative estimate of drug-likeness (QED) is 0.887. The molecule has 2 N–H and O–H groups in total. The second kappa shape index (κ2) is 6.48. The van der Waals surface area contributed by atoms with Gasteiger partial charge in [-0.15, -0.1) is 12.4 Å². The lowest BCUT2D eigenvalue weighted by Crippen LogP contribution is -2.44. The zero-order chi connectivity index (χ0) is 14.9. The van der Waals surface area contributed by atoms with E-state index in [1.165, 1.54) is 11.1 Å². The zero-order valence-electron chi connectivity index (χ0n) is 12.4. The minimum absolute atomic E-state index is 0. The summed E-state index contributed by atoms with van der Waals surface area (Å²) in [7, 11) is 0. The predicted molar refractivity (Wildman–Crippen MR) is 89.2 cm³/mol. The molecule has 1 amide bonds. The SMILES string of the molecule is Cl.O=C(Nc1ccc2c(c1)OCO2)C1Cc2ccccc2CN1. The highest BCUT2D eigenvalue weighted by molar-refractivity contribution is 5.95. The Morgan fingerprint density at radius 2 is 1.87 bits per heavy atom. The largest absolute Gasteiger partial charge is 0.454 e. The van der Waals surface area contributed by atoms with Crippen LogP contribution in [0.4, 0.5) is 5.69 Å². The van der Waals surface area contributed by atoms with Crippen molar-refractivity contribution in [3.63, 3.8) is 0 Å². The van der Waals surface area contributed by atoms with E-state index in [1.54, 1.807) is 6.07 Å². The molecule has 1 unspecified atom stereocenters. The fraction of sp³-hybridized carbons (Fsp3) is 0.235. The first-order valence-corrected chi connectivity index (χ1v) is 7.30. The molecule has 0 saturated heterocycles. The van der Waals surface area contributed by atoms with Gasteiger partial charge in [-0.1, -0.05) is 24.3 Å². The first kappa shape index (κ1) is 15.6. The van der Waals surface area contributed by atoms with Crippen molar-refractivity contribution in [3.05, 3.63) is 53.6 Å². The number of benzene rings is 2. The van der Waals surface area contributed by atoms with Crippen LogP contribution in [0.3, 0.4) is 0 Å². The van der Waals surface area contributed by atoms with Gasteiger partial charge in [-0.2, -0.15) is 0 Å². The molecule has 0 aliphatic carbocycles. The maximum Gasteiger partial charge on any atom is 0.241 e. The standard InChI is InChI=1S/C17H16N2O3.ClH/c20-17(14-7-11-3-1-2-4-12(11)9-18-14)19-13-5-6-15-16(8-13)22-10-21-15;/h1-6,8,14,18H,7,9-10H2,(H,19,20);1H. The van der Waals surface area contributed by atoms with E-state index in [2.05, 4.69) is 22.8 Å². The monoisotopic (exact) mass is 332 g/mol.